The van der Waals surface area contributed by atoms with E-state index in [2.05, 4.69) is 4.98 Å². The average Bonchev–Trinajstić information content (AvgIpc) is 3.02. The molecular formula is C15H16ClFN4O2. The number of halogens is 2. The summed E-state index contributed by atoms with van der Waals surface area (Å²) in [6.07, 6.45) is 0. The molecule has 0 spiro atoms. The molecule has 2 heterocycles. The summed E-state index contributed by atoms with van der Waals surface area (Å²) in [5.74, 6) is -0.839. The first-order valence-corrected chi connectivity index (χ1v) is 7.63. The van der Waals surface area contributed by atoms with Crippen molar-refractivity contribution in [2.75, 3.05) is 32.7 Å². The van der Waals surface area contributed by atoms with E-state index in [0.29, 0.717) is 42.8 Å². The Hall–Kier alpha value is -2.12. The number of fused-ring (bicyclic) bond motifs is 1. The van der Waals surface area contributed by atoms with Crippen molar-refractivity contribution in [3.63, 3.8) is 0 Å². The lowest BCUT2D eigenvalue weighted by molar-refractivity contribution is -0.131. The first-order valence-electron chi connectivity index (χ1n) is 7.25. The standard InChI is InChI=1S/C15H16ClFN4O2/c16-14-9-7-12(19-11(9)2-1-10(14)17)15(23)21-5-3-20(4-6-21)13(22)8-18/h1-2,7,19H,3-6,8,18H2. The summed E-state index contributed by atoms with van der Waals surface area (Å²) in [6.45, 7) is 1.75. The average molecular weight is 339 g/mol. The van der Waals surface area contributed by atoms with E-state index >= 15 is 0 Å². The highest BCUT2D eigenvalue weighted by molar-refractivity contribution is 6.35. The third-order valence-electron chi connectivity index (χ3n) is 4.02. The molecule has 2 aromatic rings. The van der Waals surface area contributed by atoms with Gasteiger partial charge in [-0.1, -0.05) is 11.6 Å². The van der Waals surface area contributed by atoms with Crippen molar-refractivity contribution in [3.8, 4) is 0 Å². The fraction of sp³-hybridized carbons (Fsp3) is 0.333. The fourth-order valence-corrected chi connectivity index (χ4v) is 2.93. The smallest absolute Gasteiger partial charge is 0.270 e. The van der Waals surface area contributed by atoms with E-state index < -0.39 is 5.82 Å². The molecule has 1 aromatic carbocycles. The van der Waals surface area contributed by atoms with Crippen molar-refractivity contribution in [2.45, 2.75) is 0 Å². The second kappa shape index (κ2) is 6.17. The summed E-state index contributed by atoms with van der Waals surface area (Å²) in [6, 6.07) is 4.36. The van der Waals surface area contributed by atoms with Gasteiger partial charge in [0.25, 0.3) is 5.91 Å². The van der Waals surface area contributed by atoms with Crippen LogP contribution >= 0.6 is 11.6 Å². The van der Waals surface area contributed by atoms with Gasteiger partial charge >= 0.3 is 0 Å². The van der Waals surface area contributed by atoms with Crippen molar-refractivity contribution < 1.29 is 14.0 Å². The number of H-pyrrole nitrogens is 1. The van der Waals surface area contributed by atoms with Gasteiger partial charge in [0.2, 0.25) is 5.91 Å². The summed E-state index contributed by atoms with van der Waals surface area (Å²) in [5, 5.41) is 0.475. The van der Waals surface area contributed by atoms with E-state index in [1.807, 2.05) is 0 Å². The van der Waals surface area contributed by atoms with Crippen molar-refractivity contribution in [2.24, 2.45) is 5.73 Å². The molecular weight excluding hydrogens is 323 g/mol. The van der Waals surface area contributed by atoms with E-state index in [4.69, 9.17) is 17.3 Å². The molecule has 23 heavy (non-hydrogen) atoms. The minimum atomic E-state index is -0.522. The number of aromatic amines is 1. The molecule has 1 saturated heterocycles. The van der Waals surface area contributed by atoms with E-state index in [0.717, 1.165) is 0 Å². The van der Waals surface area contributed by atoms with Crippen LogP contribution in [0.15, 0.2) is 18.2 Å². The molecule has 0 radical (unpaired) electrons. The van der Waals surface area contributed by atoms with Crippen molar-refractivity contribution in [1.82, 2.24) is 14.8 Å². The monoisotopic (exact) mass is 338 g/mol. The molecule has 0 unspecified atom stereocenters. The number of piperazine rings is 1. The minimum Gasteiger partial charge on any atom is -0.350 e. The third-order valence-corrected chi connectivity index (χ3v) is 4.40. The predicted octanol–water partition coefficient (Wildman–Crippen LogP) is 1.20. The summed E-state index contributed by atoms with van der Waals surface area (Å²) in [4.78, 5) is 30.3. The number of hydrogen-bond acceptors (Lipinski definition) is 3. The Morgan fingerprint density at radius 3 is 2.52 bits per heavy atom. The van der Waals surface area contributed by atoms with Crippen LogP contribution in [0.3, 0.4) is 0 Å². The van der Waals surface area contributed by atoms with Gasteiger partial charge in [-0.15, -0.1) is 0 Å². The summed E-state index contributed by atoms with van der Waals surface area (Å²) >= 11 is 5.92. The number of nitrogens with zero attached hydrogens (tertiary/aromatic N) is 2. The summed E-state index contributed by atoms with van der Waals surface area (Å²) in [7, 11) is 0. The maximum absolute atomic E-state index is 13.5. The second-order valence-corrected chi connectivity index (χ2v) is 5.76. The second-order valence-electron chi connectivity index (χ2n) is 5.38. The zero-order valence-electron chi connectivity index (χ0n) is 12.3. The van der Waals surface area contributed by atoms with Crippen LogP contribution in [0.2, 0.25) is 5.02 Å². The van der Waals surface area contributed by atoms with E-state index in [1.165, 1.54) is 6.07 Å². The van der Waals surface area contributed by atoms with Gasteiger partial charge in [0, 0.05) is 37.1 Å². The quantitative estimate of drug-likeness (QED) is 0.863. The topological polar surface area (TPSA) is 82.4 Å². The molecule has 3 rings (SSSR count). The molecule has 1 aliphatic heterocycles. The van der Waals surface area contributed by atoms with Crippen LogP contribution in [-0.4, -0.2) is 59.3 Å². The molecule has 8 heteroatoms. The molecule has 122 valence electrons. The normalized spacial score (nSPS) is 15.3. The largest absolute Gasteiger partial charge is 0.350 e. The highest BCUT2D eigenvalue weighted by Crippen LogP contribution is 2.27. The lowest BCUT2D eigenvalue weighted by atomic mass is 10.2. The van der Waals surface area contributed by atoms with Crippen LogP contribution in [0.25, 0.3) is 10.9 Å². The first kappa shape index (κ1) is 15.8. The van der Waals surface area contributed by atoms with E-state index in [-0.39, 0.29) is 23.4 Å². The van der Waals surface area contributed by atoms with Crippen LogP contribution in [-0.2, 0) is 4.79 Å². The molecule has 0 bridgehead atoms. The van der Waals surface area contributed by atoms with Crippen molar-refractivity contribution in [1.29, 1.82) is 0 Å². The Morgan fingerprint density at radius 2 is 1.87 bits per heavy atom. The maximum Gasteiger partial charge on any atom is 0.270 e. The Bertz CT molecular complexity index is 768. The molecule has 2 amide bonds. The van der Waals surface area contributed by atoms with Crippen LogP contribution in [0.5, 0.6) is 0 Å². The number of amides is 2. The van der Waals surface area contributed by atoms with E-state index in [1.54, 1.807) is 21.9 Å². The van der Waals surface area contributed by atoms with Gasteiger partial charge in [-0.2, -0.15) is 0 Å². The molecule has 0 saturated carbocycles. The van der Waals surface area contributed by atoms with Crippen LogP contribution in [0.4, 0.5) is 4.39 Å². The van der Waals surface area contributed by atoms with Crippen LogP contribution in [0, 0.1) is 5.82 Å². The maximum atomic E-state index is 13.5. The molecule has 6 nitrogen and oxygen atoms in total. The number of aromatic nitrogens is 1. The number of nitrogens with two attached hydrogens (primary N) is 1. The highest BCUT2D eigenvalue weighted by atomic mass is 35.5. The van der Waals surface area contributed by atoms with E-state index in [9.17, 15) is 14.0 Å². The van der Waals surface area contributed by atoms with Crippen molar-refractivity contribution in [3.05, 3.63) is 34.7 Å². The molecule has 1 aromatic heterocycles. The van der Waals surface area contributed by atoms with Gasteiger partial charge in [-0.25, -0.2) is 4.39 Å². The SMILES string of the molecule is NCC(=O)N1CCN(C(=O)c2cc3c(Cl)c(F)ccc3[nH]2)CC1. The molecule has 0 aliphatic carbocycles. The number of nitrogens with one attached hydrogen (secondary N) is 1. The van der Waals surface area contributed by atoms with Crippen LogP contribution < -0.4 is 5.73 Å². The Labute approximate surface area is 137 Å². The van der Waals surface area contributed by atoms with Gasteiger partial charge in [-0.05, 0) is 18.2 Å². The number of hydrogen-bond donors (Lipinski definition) is 2. The Balaban J connectivity index is 1.77. The first-order chi connectivity index (χ1) is 11.0. The number of carbonyl (C=O) groups is 2. The highest BCUT2D eigenvalue weighted by Gasteiger charge is 2.25. The lowest BCUT2D eigenvalue weighted by Crippen LogP contribution is -2.52. The minimum absolute atomic E-state index is 0.00355. The summed E-state index contributed by atoms with van der Waals surface area (Å²) < 4.78 is 13.5. The van der Waals surface area contributed by atoms with Gasteiger partial charge < -0.3 is 20.5 Å². The zero-order valence-corrected chi connectivity index (χ0v) is 13.1. The van der Waals surface area contributed by atoms with Gasteiger partial charge in [0.15, 0.2) is 0 Å². The number of rotatable bonds is 2. The number of carbonyl (C=O) groups excluding carboxylic acids is 2. The van der Waals surface area contributed by atoms with Crippen molar-refractivity contribution >= 4 is 34.3 Å². The molecule has 1 fully saturated rings. The third kappa shape index (κ3) is 2.89. The van der Waals surface area contributed by atoms with Crippen LogP contribution in [0.1, 0.15) is 10.5 Å². The molecule has 1 aliphatic rings. The predicted molar refractivity (Wildman–Crippen MR) is 84.8 cm³/mol. The molecule has 0 atom stereocenters. The molecule has 3 N–H and O–H groups in total. The Kier molecular flexibility index (Phi) is 4.23. The number of benzene rings is 1. The fourth-order valence-electron chi connectivity index (χ4n) is 2.72. The van der Waals surface area contributed by atoms with Gasteiger partial charge in [0.05, 0.1) is 11.6 Å². The summed E-state index contributed by atoms with van der Waals surface area (Å²) in [5.41, 5.74) is 6.30. The van der Waals surface area contributed by atoms with Gasteiger partial charge in [-0.3, -0.25) is 9.59 Å². The lowest BCUT2D eigenvalue weighted by Gasteiger charge is -2.34. The Morgan fingerprint density at radius 1 is 1.22 bits per heavy atom. The zero-order chi connectivity index (χ0) is 16.6. The van der Waals surface area contributed by atoms with Gasteiger partial charge in [0.1, 0.15) is 11.5 Å².